The van der Waals surface area contributed by atoms with Crippen molar-refractivity contribution in [1.29, 1.82) is 0 Å². The zero-order valence-electron chi connectivity index (χ0n) is 18.9. The van der Waals surface area contributed by atoms with E-state index in [2.05, 4.69) is 20.9 Å². The third-order valence-electron chi connectivity index (χ3n) is 5.47. The highest BCUT2D eigenvalue weighted by atomic mass is 79.9. The first kappa shape index (κ1) is 25.6. The monoisotopic (exact) mass is 593 g/mol. The molecule has 10 nitrogen and oxygen atoms in total. The van der Waals surface area contributed by atoms with Crippen LogP contribution < -0.4 is 19.6 Å². The van der Waals surface area contributed by atoms with Crippen molar-refractivity contribution in [3.63, 3.8) is 0 Å². The molecular formula is C23H17BrClN3O7S. The Kier molecular flexibility index (Phi) is 7.03. The Labute approximate surface area is 220 Å². The van der Waals surface area contributed by atoms with E-state index in [0.717, 1.165) is 17.4 Å². The number of nitro benzene ring substituents is 1. The van der Waals surface area contributed by atoms with E-state index in [9.17, 15) is 24.8 Å². The summed E-state index contributed by atoms with van der Waals surface area (Å²) in [5, 5.41) is 21.6. The molecule has 0 radical (unpaired) electrons. The number of hydrogen-bond acceptors (Lipinski definition) is 9. The minimum Gasteiger partial charge on any atom is -0.501 e. The molecule has 0 fully saturated rings. The number of nitrogens with zero attached hydrogens (tertiary/aromatic N) is 3. The predicted molar refractivity (Wildman–Crippen MR) is 136 cm³/mol. The summed E-state index contributed by atoms with van der Waals surface area (Å²) in [6.45, 7) is 1.63. The number of methoxy groups -OCH3 is 2. The Balaban J connectivity index is 2.02. The van der Waals surface area contributed by atoms with E-state index in [1.54, 1.807) is 25.1 Å². The van der Waals surface area contributed by atoms with Crippen molar-refractivity contribution < 1.29 is 24.3 Å². The summed E-state index contributed by atoms with van der Waals surface area (Å²) >= 11 is 10.4. The number of carbonyl (C=O) groups is 1. The van der Waals surface area contributed by atoms with E-state index < -0.39 is 33.9 Å². The van der Waals surface area contributed by atoms with E-state index in [-0.39, 0.29) is 14.6 Å². The van der Waals surface area contributed by atoms with Crippen LogP contribution in [-0.2, 0) is 9.53 Å². The van der Waals surface area contributed by atoms with Gasteiger partial charge in [-0.05, 0) is 58.8 Å². The Hall–Kier alpha value is -3.48. The minimum absolute atomic E-state index is 0.0982. The van der Waals surface area contributed by atoms with Crippen LogP contribution in [0.3, 0.4) is 0 Å². The second-order valence-corrected chi connectivity index (χ2v) is 9.89. The summed E-state index contributed by atoms with van der Waals surface area (Å²) in [5.74, 6) is -0.797. The molecule has 4 rings (SSSR count). The molecular weight excluding hydrogens is 578 g/mol. The fourth-order valence-electron chi connectivity index (χ4n) is 3.88. The van der Waals surface area contributed by atoms with Gasteiger partial charge in [-0.25, -0.2) is 9.79 Å². The van der Waals surface area contributed by atoms with Gasteiger partial charge < -0.3 is 14.6 Å². The Morgan fingerprint density at radius 2 is 2.06 bits per heavy atom. The maximum Gasteiger partial charge on any atom is 0.338 e. The number of allylic oxidation sites excluding steroid dienone is 1. The topological polar surface area (TPSA) is 133 Å². The number of phenols is 1. The minimum atomic E-state index is -0.953. The lowest BCUT2D eigenvalue weighted by atomic mass is 9.95. The summed E-state index contributed by atoms with van der Waals surface area (Å²) in [6, 6.07) is 6.50. The van der Waals surface area contributed by atoms with Crippen LogP contribution in [0.25, 0.3) is 6.08 Å². The van der Waals surface area contributed by atoms with Crippen molar-refractivity contribution in [3.8, 4) is 11.5 Å². The number of aromatic hydroxyl groups is 1. The average Bonchev–Trinajstić information content (AvgIpc) is 3.13. The first-order valence-corrected chi connectivity index (χ1v) is 12.2. The molecule has 2 aromatic carbocycles. The van der Waals surface area contributed by atoms with Crippen molar-refractivity contribution in [2.24, 2.45) is 4.99 Å². The maximum absolute atomic E-state index is 13.7. The van der Waals surface area contributed by atoms with Crippen molar-refractivity contribution in [2.45, 2.75) is 13.0 Å². The molecule has 186 valence electrons. The summed E-state index contributed by atoms with van der Waals surface area (Å²) in [6.07, 6.45) is 1.45. The standard InChI is InChI=1S/C23H17BrClN3O7S/c1-10-18(22(31)35-3)19(13-9-12(25)4-5-16(13)34-2)27-21(30)17(36-23(27)26-10)8-11-6-14(24)20(29)15(7-11)28(32)33/h4-9,19,29H,1-3H3/b17-8-/t19-/m0/s1. The number of halogens is 2. The van der Waals surface area contributed by atoms with E-state index in [0.29, 0.717) is 32.4 Å². The summed E-state index contributed by atoms with van der Waals surface area (Å²) in [7, 11) is 2.69. The molecule has 1 atom stereocenters. The zero-order chi connectivity index (χ0) is 26.3. The van der Waals surface area contributed by atoms with Gasteiger partial charge in [0, 0.05) is 16.7 Å². The quantitative estimate of drug-likeness (QED) is 0.272. The van der Waals surface area contributed by atoms with Gasteiger partial charge in [-0.2, -0.15) is 0 Å². The van der Waals surface area contributed by atoms with Gasteiger partial charge in [0.15, 0.2) is 4.80 Å². The van der Waals surface area contributed by atoms with E-state index in [1.165, 1.54) is 30.9 Å². The van der Waals surface area contributed by atoms with Crippen LogP contribution in [0.15, 0.2) is 55.9 Å². The molecule has 0 bridgehead atoms. The van der Waals surface area contributed by atoms with E-state index in [4.69, 9.17) is 21.1 Å². The molecule has 1 aromatic heterocycles. The first-order valence-electron chi connectivity index (χ1n) is 10.2. The van der Waals surface area contributed by atoms with Crippen LogP contribution in [0.4, 0.5) is 5.69 Å². The van der Waals surface area contributed by atoms with Crippen LogP contribution in [0.1, 0.15) is 24.1 Å². The smallest absolute Gasteiger partial charge is 0.338 e. The molecule has 0 saturated carbocycles. The van der Waals surface area contributed by atoms with Gasteiger partial charge in [-0.1, -0.05) is 22.9 Å². The second kappa shape index (κ2) is 9.88. The molecule has 2 heterocycles. The van der Waals surface area contributed by atoms with Crippen LogP contribution in [0.2, 0.25) is 5.02 Å². The van der Waals surface area contributed by atoms with Gasteiger partial charge in [-0.15, -0.1) is 0 Å². The lowest BCUT2D eigenvalue weighted by Gasteiger charge is -2.25. The number of thiazole rings is 1. The molecule has 0 amide bonds. The Bertz CT molecular complexity index is 1640. The van der Waals surface area contributed by atoms with Crippen LogP contribution in [0, 0.1) is 10.1 Å². The molecule has 0 aliphatic carbocycles. The van der Waals surface area contributed by atoms with Crippen molar-refractivity contribution in [1.82, 2.24) is 4.57 Å². The van der Waals surface area contributed by atoms with Gasteiger partial charge in [0.05, 0.1) is 39.4 Å². The summed E-state index contributed by atoms with van der Waals surface area (Å²) < 4.78 is 12.1. The fraction of sp³-hybridized carbons (Fsp3) is 0.174. The fourth-order valence-corrected chi connectivity index (χ4v) is 5.58. The second-order valence-electron chi connectivity index (χ2n) is 7.59. The lowest BCUT2D eigenvalue weighted by molar-refractivity contribution is -0.386. The molecule has 0 spiro atoms. The SMILES string of the molecule is COC(=O)C1=C(C)N=c2s/c(=C\c3cc(Br)c(O)c([N+](=O)[O-])c3)c(=O)n2[C@H]1c1cc(Cl)ccc1OC. The number of fused-ring (bicyclic) bond motifs is 1. The summed E-state index contributed by atoms with van der Waals surface area (Å²) in [5.41, 5.74) is 0.234. The maximum atomic E-state index is 13.7. The molecule has 1 aliphatic heterocycles. The average molecular weight is 595 g/mol. The third-order valence-corrected chi connectivity index (χ3v) is 7.30. The number of esters is 1. The largest absolute Gasteiger partial charge is 0.501 e. The molecule has 36 heavy (non-hydrogen) atoms. The first-order chi connectivity index (χ1) is 17.1. The number of rotatable bonds is 5. The number of hydrogen-bond donors (Lipinski definition) is 1. The van der Waals surface area contributed by atoms with Gasteiger partial charge in [0.1, 0.15) is 11.8 Å². The lowest BCUT2D eigenvalue weighted by Crippen LogP contribution is -2.40. The Morgan fingerprint density at radius 3 is 2.69 bits per heavy atom. The predicted octanol–water partition coefficient (Wildman–Crippen LogP) is 3.45. The highest BCUT2D eigenvalue weighted by Gasteiger charge is 2.35. The highest BCUT2D eigenvalue weighted by molar-refractivity contribution is 9.10. The number of ether oxygens (including phenoxy) is 2. The van der Waals surface area contributed by atoms with Crippen LogP contribution >= 0.6 is 38.9 Å². The van der Waals surface area contributed by atoms with Gasteiger partial charge >= 0.3 is 11.7 Å². The van der Waals surface area contributed by atoms with E-state index in [1.807, 2.05) is 0 Å². The van der Waals surface area contributed by atoms with Crippen LogP contribution in [-0.4, -0.2) is 34.8 Å². The normalized spacial score (nSPS) is 15.4. The van der Waals surface area contributed by atoms with Gasteiger partial charge in [-0.3, -0.25) is 19.5 Å². The van der Waals surface area contributed by atoms with Gasteiger partial charge in [0.2, 0.25) is 5.75 Å². The number of phenolic OH excluding ortho intramolecular Hbond substituents is 1. The molecule has 1 aliphatic rings. The van der Waals surface area contributed by atoms with E-state index >= 15 is 0 Å². The summed E-state index contributed by atoms with van der Waals surface area (Å²) in [4.78, 5) is 41.8. The molecule has 0 unspecified atom stereocenters. The Morgan fingerprint density at radius 1 is 1.33 bits per heavy atom. The number of nitro groups is 1. The third kappa shape index (κ3) is 4.43. The van der Waals surface area contributed by atoms with Crippen molar-refractivity contribution >= 4 is 56.6 Å². The molecule has 1 N–H and O–H groups in total. The van der Waals surface area contributed by atoms with Gasteiger partial charge in [0.25, 0.3) is 5.56 Å². The number of carbonyl (C=O) groups excluding carboxylic acids is 1. The van der Waals surface area contributed by atoms with Crippen molar-refractivity contribution in [2.75, 3.05) is 14.2 Å². The highest BCUT2D eigenvalue weighted by Crippen LogP contribution is 2.37. The number of benzene rings is 2. The zero-order valence-corrected chi connectivity index (χ0v) is 22.1. The molecule has 0 saturated heterocycles. The van der Waals surface area contributed by atoms with Crippen molar-refractivity contribution in [3.05, 3.63) is 92.0 Å². The molecule has 3 aromatic rings. The van der Waals surface area contributed by atoms with Crippen LogP contribution in [0.5, 0.6) is 11.5 Å². The number of aromatic nitrogens is 1. The molecule has 13 heteroatoms.